The summed E-state index contributed by atoms with van der Waals surface area (Å²) in [5.74, 6) is 2.57. The lowest BCUT2D eigenvalue weighted by Gasteiger charge is -2.29. The van der Waals surface area contributed by atoms with E-state index in [1.165, 1.54) is 35.6 Å². The maximum atomic E-state index is 12.6. The van der Waals surface area contributed by atoms with E-state index in [2.05, 4.69) is 28.5 Å². The molecule has 182 valence electrons. The summed E-state index contributed by atoms with van der Waals surface area (Å²) < 4.78 is 39.8. The van der Waals surface area contributed by atoms with E-state index in [1.807, 2.05) is 12.1 Å². The van der Waals surface area contributed by atoms with Gasteiger partial charge in [0.1, 0.15) is 5.82 Å². The van der Waals surface area contributed by atoms with Crippen LogP contribution >= 0.6 is 0 Å². The van der Waals surface area contributed by atoms with E-state index in [1.54, 1.807) is 26.2 Å². The summed E-state index contributed by atoms with van der Waals surface area (Å²) in [6.45, 7) is 4.66. The van der Waals surface area contributed by atoms with Crippen molar-refractivity contribution < 1.29 is 17.9 Å². The van der Waals surface area contributed by atoms with Crippen LogP contribution in [0.3, 0.4) is 0 Å². The van der Waals surface area contributed by atoms with Crippen LogP contribution in [0.5, 0.6) is 11.5 Å². The highest BCUT2D eigenvalue weighted by atomic mass is 32.2. The Morgan fingerprint density at radius 3 is 2.53 bits per heavy atom. The number of aromatic nitrogens is 2. The Morgan fingerprint density at radius 1 is 1.03 bits per heavy atom. The molecule has 1 fully saturated rings. The molecule has 0 radical (unpaired) electrons. The molecule has 0 amide bonds. The van der Waals surface area contributed by atoms with Gasteiger partial charge in [-0.1, -0.05) is 18.9 Å². The quantitative estimate of drug-likeness (QED) is 0.481. The first-order chi connectivity index (χ1) is 16.4. The molecular weight excluding hydrogens is 452 g/mol. The van der Waals surface area contributed by atoms with Crippen LogP contribution in [-0.4, -0.2) is 54.1 Å². The number of hydrogen-bond acceptors (Lipinski definition) is 6. The maximum Gasteiger partial charge on any atom is 0.242 e. The summed E-state index contributed by atoms with van der Waals surface area (Å²) >= 11 is 0. The molecular formula is C25H32N4O4S. The van der Waals surface area contributed by atoms with Gasteiger partial charge in [0.25, 0.3) is 0 Å². The third-order valence-electron chi connectivity index (χ3n) is 6.90. The molecule has 34 heavy (non-hydrogen) atoms. The second-order valence-corrected chi connectivity index (χ2v) is 11.4. The molecule has 3 aromatic rings. The number of sulfonamides is 1. The Balaban J connectivity index is 1.47. The lowest BCUT2D eigenvalue weighted by atomic mass is 10.1. The van der Waals surface area contributed by atoms with Crippen LogP contribution in [-0.2, 0) is 29.7 Å². The van der Waals surface area contributed by atoms with E-state index >= 15 is 0 Å². The van der Waals surface area contributed by atoms with E-state index in [0.717, 1.165) is 35.9 Å². The van der Waals surface area contributed by atoms with Crippen molar-refractivity contribution in [3.05, 3.63) is 47.8 Å². The van der Waals surface area contributed by atoms with Gasteiger partial charge in [0.2, 0.25) is 16.8 Å². The van der Waals surface area contributed by atoms with Gasteiger partial charge in [0.15, 0.2) is 11.5 Å². The molecule has 2 aromatic carbocycles. The van der Waals surface area contributed by atoms with E-state index in [0.29, 0.717) is 18.1 Å². The Hall–Kier alpha value is -2.62. The molecule has 0 unspecified atom stereocenters. The fraction of sp³-hybridized carbons (Fsp3) is 0.480. The third kappa shape index (κ3) is 4.28. The van der Waals surface area contributed by atoms with Gasteiger partial charge in [-0.05, 0) is 55.7 Å². The van der Waals surface area contributed by atoms with Crippen LogP contribution in [0.4, 0.5) is 0 Å². The van der Waals surface area contributed by atoms with Crippen molar-refractivity contribution in [3.8, 4) is 11.5 Å². The molecule has 0 saturated heterocycles. The fourth-order valence-corrected chi connectivity index (χ4v) is 5.97. The van der Waals surface area contributed by atoms with Gasteiger partial charge < -0.3 is 14.0 Å². The number of rotatable bonds is 8. The molecule has 1 aliphatic carbocycles. The molecule has 2 aliphatic rings. The van der Waals surface area contributed by atoms with Crippen molar-refractivity contribution in [2.75, 3.05) is 20.9 Å². The van der Waals surface area contributed by atoms with Gasteiger partial charge in [-0.2, -0.15) is 0 Å². The second-order valence-electron chi connectivity index (χ2n) is 9.24. The van der Waals surface area contributed by atoms with Crippen LogP contribution < -0.4 is 9.47 Å². The Bertz CT molecular complexity index is 1300. The molecule has 0 N–H and O–H groups in total. The number of hydrogen-bond donors (Lipinski definition) is 0. The number of aryl methyl sites for hydroxylation is 1. The van der Waals surface area contributed by atoms with Gasteiger partial charge in [-0.3, -0.25) is 4.90 Å². The van der Waals surface area contributed by atoms with Crippen molar-refractivity contribution in [1.82, 2.24) is 18.8 Å². The van der Waals surface area contributed by atoms with Gasteiger partial charge >= 0.3 is 0 Å². The monoisotopic (exact) mass is 484 g/mol. The summed E-state index contributed by atoms with van der Waals surface area (Å²) in [5.41, 5.74) is 2.87. The average Bonchev–Trinajstić information content (AvgIpc) is 3.57. The highest BCUT2D eigenvalue weighted by Crippen LogP contribution is 2.34. The summed E-state index contributed by atoms with van der Waals surface area (Å²) in [4.78, 5) is 7.70. The highest BCUT2D eigenvalue weighted by Gasteiger charge is 2.26. The van der Waals surface area contributed by atoms with Crippen LogP contribution in [0.25, 0.3) is 11.0 Å². The normalized spacial score (nSPS) is 16.4. The van der Waals surface area contributed by atoms with Gasteiger partial charge in [-0.15, -0.1) is 0 Å². The summed E-state index contributed by atoms with van der Waals surface area (Å²) in [5, 5.41) is 0. The SMILES string of the molecule is CCn1c(CN(Cc2ccc3c(c2)OCO3)C2CCCC2)nc2cc(S(=O)(=O)N(C)C)ccc21. The molecule has 0 atom stereocenters. The first kappa shape index (κ1) is 23.1. The first-order valence-corrected chi connectivity index (χ1v) is 13.3. The average molecular weight is 485 g/mol. The second kappa shape index (κ2) is 9.20. The lowest BCUT2D eigenvalue weighted by molar-refractivity contribution is 0.171. The third-order valence-corrected chi connectivity index (χ3v) is 8.71. The van der Waals surface area contributed by atoms with Crippen LogP contribution in [0.2, 0.25) is 0 Å². The molecule has 1 saturated carbocycles. The van der Waals surface area contributed by atoms with Gasteiger partial charge in [0, 0.05) is 33.2 Å². The Labute approximate surface area is 201 Å². The minimum Gasteiger partial charge on any atom is -0.454 e. The van der Waals surface area contributed by atoms with Gasteiger partial charge in [0.05, 0.1) is 22.5 Å². The van der Waals surface area contributed by atoms with Crippen LogP contribution in [0.15, 0.2) is 41.3 Å². The van der Waals surface area contributed by atoms with Crippen LogP contribution in [0.1, 0.15) is 44.0 Å². The van der Waals surface area contributed by atoms with E-state index in [-0.39, 0.29) is 11.7 Å². The van der Waals surface area contributed by atoms with Crippen molar-refractivity contribution in [2.45, 2.75) is 63.2 Å². The van der Waals surface area contributed by atoms with E-state index in [9.17, 15) is 8.42 Å². The van der Waals surface area contributed by atoms with Crippen molar-refractivity contribution in [1.29, 1.82) is 0 Å². The number of benzene rings is 2. The number of imidazole rings is 1. The van der Waals surface area contributed by atoms with Crippen LogP contribution in [0, 0.1) is 0 Å². The van der Waals surface area contributed by atoms with E-state index in [4.69, 9.17) is 14.5 Å². The molecule has 1 aromatic heterocycles. The number of ether oxygens (including phenoxy) is 2. The lowest BCUT2D eigenvalue weighted by Crippen LogP contribution is -2.33. The summed E-state index contributed by atoms with van der Waals surface area (Å²) in [6.07, 6.45) is 4.86. The predicted molar refractivity (Wildman–Crippen MR) is 130 cm³/mol. The number of nitrogens with zero attached hydrogens (tertiary/aromatic N) is 4. The molecule has 9 heteroatoms. The van der Waals surface area contributed by atoms with E-state index < -0.39 is 10.0 Å². The summed E-state index contributed by atoms with van der Waals surface area (Å²) in [7, 11) is -0.415. The number of fused-ring (bicyclic) bond motifs is 2. The zero-order valence-electron chi connectivity index (χ0n) is 20.0. The van der Waals surface area contributed by atoms with Crippen molar-refractivity contribution in [3.63, 3.8) is 0 Å². The fourth-order valence-electron chi connectivity index (χ4n) is 5.04. The molecule has 8 nitrogen and oxygen atoms in total. The Morgan fingerprint density at radius 2 is 1.79 bits per heavy atom. The van der Waals surface area contributed by atoms with Crippen molar-refractivity contribution in [2.24, 2.45) is 0 Å². The smallest absolute Gasteiger partial charge is 0.242 e. The topological polar surface area (TPSA) is 76.9 Å². The molecule has 0 bridgehead atoms. The zero-order chi connectivity index (χ0) is 23.9. The first-order valence-electron chi connectivity index (χ1n) is 11.9. The molecule has 1 aliphatic heterocycles. The predicted octanol–water partition coefficient (Wildman–Crippen LogP) is 3.98. The summed E-state index contributed by atoms with van der Waals surface area (Å²) in [6, 6.07) is 11.9. The standard InChI is InChI=1S/C25H32N4O4S/c1-4-29-22-11-10-20(34(30,31)27(2)3)14-21(22)26-25(29)16-28(19-7-5-6-8-19)15-18-9-12-23-24(13-18)33-17-32-23/h9-14,19H,4-8,15-17H2,1-3H3. The zero-order valence-corrected chi connectivity index (χ0v) is 20.8. The minimum atomic E-state index is -3.51. The maximum absolute atomic E-state index is 12.6. The molecule has 0 spiro atoms. The van der Waals surface area contributed by atoms with Gasteiger partial charge in [-0.25, -0.2) is 17.7 Å². The molecule has 5 rings (SSSR count). The Kier molecular flexibility index (Phi) is 6.26. The largest absolute Gasteiger partial charge is 0.454 e. The highest BCUT2D eigenvalue weighted by molar-refractivity contribution is 7.89. The molecule has 2 heterocycles. The van der Waals surface area contributed by atoms with Crippen molar-refractivity contribution >= 4 is 21.1 Å². The minimum absolute atomic E-state index is 0.269.